The minimum Gasteiger partial charge on any atom is -0.392 e. The molecule has 1 N–H and O–H groups in total. The molecule has 0 saturated carbocycles. The molecule has 1 fully saturated rings. The Hall–Kier alpha value is -2.76. The topological polar surface area (TPSA) is 23.5 Å². The van der Waals surface area contributed by atoms with E-state index in [-0.39, 0.29) is 12.6 Å². The smallest absolute Gasteiger partial charge is 0.0908 e. The first kappa shape index (κ1) is 15.7. The number of rotatable bonds is 2. The van der Waals surface area contributed by atoms with Crippen LogP contribution in [-0.2, 0) is 6.61 Å². The third-order valence-corrected chi connectivity index (χ3v) is 4.89. The Morgan fingerprint density at radius 1 is 0.960 bits per heavy atom. The SMILES string of the molecule is OCc1ccccc1N1CCCC1C#Cc1cccc2ccccc12. The zero-order valence-corrected chi connectivity index (χ0v) is 14.2. The van der Waals surface area contributed by atoms with Crippen LogP contribution in [0.4, 0.5) is 5.69 Å². The maximum Gasteiger partial charge on any atom is 0.0908 e. The highest BCUT2D eigenvalue weighted by molar-refractivity contribution is 5.88. The second-order valence-corrected chi connectivity index (χ2v) is 6.43. The van der Waals surface area contributed by atoms with Crippen molar-refractivity contribution < 1.29 is 5.11 Å². The Balaban J connectivity index is 1.67. The number of hydrogen-bond acceptors (Lipinski definition) is 2. The monoisotopic (exact) mass is 327 g/mol. The summed E-state index contributed by atoms with van der Waals surface area (Å²) in [6.45, 7) is 1.06. The first-order valence-corrected chi connectivity index (χ1v) is 8.81. The number of hydrogen-bond donors (Lipinski definition) is 1. The molecule has 0 aromatic heterocycles. The van der Waals surface area contributed by atoms with Crippen LogP contribution < -0.4 is 4.90 Å². The van der Waals surface area contributed by atoms with E-state index in [1.54, 1.807) is 0 Å². The van der Waals surface area contributed by atoms with Crippen LogP contribution in [-0.4, -0.2) is 17.7 Å². The molecule has 0 radical (unpaired) electrons. The lowest BCUT2D eigenvalue weighted by Crippen LogP contribution is -2.28. The van der Waals surface area contributed by atoms with Crippen molar-refractivity contribution in [2.24, 2.45) is 0 Å². The van der Waals surface area contributed by atoms with Gasteiger partial charge in [-0.1, -0.05) is 66.4 Å². The van der Waals surface area contributed by atoms with Crippen molar-refractivity contribution in [2.45, 2.75) is 25.5 Å². The number of benzene rings is 3. The van der Waals surface area contributed by atoms with E-state index in [0.29, 0.717) is 0 Å². The van der Waals surface area contributed by atoms with Gasteiger partial charge in [-0.3, -0.25) is 0 Å². The predicted molar refractivity (Wildman–Crippen MR) is 104 cm³/mol. The first-order chi connectivity index (χ1) is 12.4. The summed E-state index contributed by atoms with van der Waals surface area (Å²) in [4.78, 5) is 2.34. The molecule has 4 rings (SSSR count). The van der Waals surface area contributed by atoms with Crippen LogP contribution >= 0.6 is 0 Å². The lowest BCUT2D eigenvalue weighted by molar-refractivity contribution is 0.282. The fraction of sp³-hybridized carbons (Fsp3) is 0.217. The molecule has 3 aromatic carbocycles. The van der Waals surface area contributed by atoms with Crippen molar-refractivity contribution in [3.05, 3.63) is 77.9 Å². The van der Waals surface area contributed by atoms with Crippen molar-refractivity contribution in [1.29, 1.82) is 0 Å². The van der Waals surface area contributed by atoms with Gasteiger partial charge >= 0.3 is 0 Å². The van der Waals surface area contributed by atoms with Crippen LogP contribution in [0, 0.1) is 11.8 Å². The number of para-hydroxylation sites is 1. The van der Waals surface area contributed by atoms with Gasteiger partial charge in [0.05, 0.1) is 12.6 Å². The van der Waals surface area contributed by atoms with E-state index in [9.17, 15) is 5.11 Å². The molecule has 1 aliphatic rings. The quantitative estimate of drug-likeness (QED) is 0.707. The molecule has 0 bridgehead atoms. The van der Waals surface area contributed by atoms with E-state index >= 15 is 0 Å². The molecule has 1 atom stereocenters. The summed E-state index contributed by atoms with van der Waals surface area (Å²) in [6, 6.07) is 22.9. The van der Waals surface area contributed by atoms with Gasteiger partial charge in [-0.25, -0.2) is 0 Å². The highest BCUT2D eigenvalue weighted by atomic mass is 16.3. The Labute approximate surface area is 148 Å². The van der Waals surface area contributed by atoms with Gasteiger partial charge in [0.15, 0.2) is 0 Å². The van der Waals surface area contributed by atoms with Gasteiger partial charge in [0, 0.05) is 23.4 Å². The van der Waals surface area contributed by atoms with E-state index in [0.717, 1.165) is 36.2 Å². The predicted octanol–water partition coefficient (Wildman–Crippen LogP) is 4.35. The van der Waals surface area contributed by atoms with Crippen molar-refractivity contribution in [3.8, 4) is 11.8 Å². The van der Waals surface area contributed by atoms with Gasteiger partial charge < -0.3 is 10.0 Å². The van der Waals surface area contributed by atoms with Gasteiger partial charge in [-0.15, -0.1) is 0 Å². The number of fused-ring (bicyclic) bond motifs is 1. The molecule has 0 spiro atoms. The molecule has 2 nitrogen and oxygen atoms in total. The van der Waals surface area contributed by atoms with Gasteiger partial charge in [-0.2, -0.15) is 0 Å². The largest absolute Gasteiger partial charge is 0.392 e. The molecule has 1 saturated heterocycles. The molecular weight excluding hydrogens is 306 g/mol. The van der Waals surface area contributed by atoms with Gasteiger partial charge in [-0.05, 0) is 35.7 Å². The summed E-state index contributed by atoms with van der Waals surface area (Å²) in [5.74, 6) is 6.90. The fourth-order valence-electron chi connectivity index (χ4n) is 3.63. The van der Waals surface area contributed by atoms with Crippen LogP contribution in [0.2, 0.25) is 0 Å². The van der Waals surface area contributed by atoms with E-state index in [1.165, 1.54) is 10.8 Å². The zero-order valence-electron chi connectivity index (χ0n) is 14.2. The van der Waals surface area contributed by atoms with Gasteiger partial charge in [0.25, 0.3) is 0 Å². The second-order valence-electron chi connectivity index (χ2n) is 6.43. The van der Waals surface area contributed by atoms with E-state index in [4.69, 9.17) is 0 Å². The first-order valence-electron chi connectivity index (χ1n) is 8.81. The molecule has 25 heavy (non-hydrogen) atoms. The Bertz CT molecular complexity index is 945. The third kappa shape index (κ3) is 3.12. The molecule has 3 aromatic rings. The van der Waals surface area contributed by atoms with Crippen LogP contribution in [0.1, 0.15) is 24.0 Å². The van der Waals surface area contributed by atoms with Gasteiger partial charge in [0.2, 0.25) is 0 Å². The normalized spacial score (nSPS) is 16.7. The molecule has 1 heterocycles. The summed E-state index contributed by atoms with van der Waals surface area (Å²) in [7, 11) is 0. The van der Waals surface area contributed by atoms with Crippen LogP contribution in [0.25, 0.3) is 10.8 Å². The van der Waals surface area contributed by atoms with Crippen molar-refractivity contribution >= 4 is 16.5 Å². The fourth-order valence-corrected chi connectivity index (χ4v) is 3.63. The molecule has 0 amide bonds. The minimum atomic E-state index is 0.0656. The van der Waals surface area contributed by atoms with Crippen LogP contribution in [0.3, 0.4) is 0 Å². The Morgan fingerprint density at radius 2 is 1.76 bits per heavy atom. The van der Waals surface area contributed by atoms with E-state index in [1.807, 2.05) is 18.2 Å². The van der Waals surface area contributed by atoms with Crippen LogP contribution in [0.15, 0.2) is 66.7 Å². The van der Waals surface area contributed by atoms with E-state index < -0.39 is 0 Å². The lowest BCUT2D eigenvalue weighted by Gasteiger charge is -2.25. The van der Waals surface area contributed by atoms with Crippen LogP contribution in [0.5, 0.6) is 0 Å². The maximum atomic E-state index is 9.63. The average molecular weight is 327 g/mol. The number of anilines is 1. The van der Waals surface area contributed by atoms with Crippen molar-refractivity contribution in [2.75, 3.05) is 11.4 Å². The highest BCUT2D eigenvalue weighted by Gasteiger charge is 2.24. The maximum absolute atomic E-state index is 9.63. The number of aliphatic hydroxyl groups is 1. The summed E-state index contributed by atoms with van der Waals surface area (Å²) in [5, 5.41) is 12.1. The zero-order chi connectivity index (χ0) is 17.1. The van der Waals surface area contributed by atoms with Crippen molar-refractivity contribution in [3.63, 3.8) is 0 Å². The molecule has 0 aliphatic carbocycles. The molecule has 2 heteroatoms. The number of nitrogens with zero attached hydrogens (tertiary/aromatic N) is 1. The summed E-state index contributed by atoms with van der Waals surface area (Å²) in [6.07, 6.45) is 2.20. The molecule has 1 unspecified atom stereocenters. The number of aliphatic hydroxyl groups excluding tert-OH is 1. The van der Waals surface area contributed by atoms with Gasteiger partial charge in [0.1, 0.15) is 0 Å². The highest BCUT2D eigenvalue weighted by Crippen LogP contribution is 2.28. The Morgan fingerprint density at radius 3 is 2.68 bits per heavy atom. The van der Waals surface area contributed by atoms with Crippen molar-refractivity contribution in [1.82, 2.24) is 0 Å². The summed E-state index contributed by atoms with van der Waals surface area (Å²) in [5.41, 5.74) is 3.17. The molecule has 1 aliphatic heterocycles. The molecular formula is C23H21NO. The second kappa shape index (κ2) is 7.01. The Kier molecular flexibility index (Phi) is 4.41. The molecule has 124 valence electrons. The minimum absolute atomic E-state index is 0.0656. The summed E-state index contributed by atoms with van der Waals surface area (Å²) >= 11 is 0. The van der Waals surface area contributed by atoms with E-state index in [2.05, 4.69) is 65.3 Å². The lowest BCUT2D eigenvalue weighted by atomic mass is 10.0. The third-order valence-electron chi connectivity index (χ3n) is 4.89. The summed E-state index contributed by atoms with van der Waals surface area (Å²) < 4.78 is 0. The average Bonchev–Trinajstić information content (AvgIpc) is 3.14. The standard InChI is InChI=1S/C23H21NO/c25-17-20-8-2-4-13-23(20)24-16-6-11-21(24)15-14-19-10-5-9-18-7-1-3-12-22(18)19/h1-5,7-10,12-13,21,25H,6,11,16-17H2.